The van der Waals surface area contributed by atoms with E-state index >= 15 is 0 Å². The molecular formula is C15H19N3O2S. The molecule has 6 heteroatoms. The smallest absolute Gasteiger partial charge is 0.223 e. The van der Waals surface area contributed by atoms with E-state index in [1.54, 1.807) is 6.26 Å². The van der Waals surface area contributed by atoms with Crippen LogP contribution in [0.15, 0.2) is 28.2 Å². The Morgan fingerprint density at radius 1 is 1.52 bits per heavy atom. The molecule has 1 saturated carbocycles. The Bertz CT molecular complexity index is 594. The molecule has 0 spiro atoms. The number of nitrogens with one attached hydrogen (secondary N) is 1. The van der Waals surface area contributed by atoms with Crippen LogP contribution in [0, 0.1) is 5.92 Å². The number of aromatic nitrogens is 1. The van der Waals surface area contributed by atoms with Crippen molar-refractivity contribution in [3.05, 3.63) is 29.5 Å². The van der Waals surface area contributed by atoms with Gasteiger partial charge in [-0.3, -0.25) is 4.79 Å². The van der Waals surface area contributed by atoms with Crippen molar-refractivity contribution in [2.45, 2.75) is 38.3 Å². The maximum Gasteiger partial charge on any atom is 0.223 e. The molecule has 1 aliphatic rings. The van der Waals surface area contributed by atoms with Gasteiger partial charge in [-0.25, -0.2) is 4.98 Å². The van der Waals surface area contributed by atoms with Gasteiger partial charge in [0.05, 0.1) is 18.5 Å². The predicted molar refractivity (Wildman–Crippen MR) is 81.6 cm³/mol. The van der Waals surface area contributed by atoms with Gasteiger partial charge in [-0.1, -0.05) is 6.42 Å². The first kappa shape index (κ1) is 14.3. The summed E-state index contributed by atoms with van der Waals surface area (Å²) in [5, 5.41) is 5.75. The molecule has 3 N–H and O–H groups in total. The van der Waals surface area contributed by atoms with Crippen LogP contribution in [0.2, 0.25) is 0 Å². The number of hydrogen-bond donors (Lipinski definition) is 2. The van der Waals surface area contributed by atoms with Gasteiger partial charge in [-0.05, 0) is 31.4 Å². The Labute approximate surface area is 127 Å². The minimum absolute atomic E-state index is 0.0527. The minimum atomic E-state index is 0.0527. The first-order valence-corrected chi connectivity index (χ1v) is 8.12. The van der Waals surface area contributed by atoms with Gasteiger partial charge in [0, 0.05) is 17.3 Å². The maximum atomic E-state index is 12.1. The topological polar surface area (TPSA) is 81.2 Å². The number of rotatable bonds is 4. The number of amides is 1. The highest BCUT2D eigenvalue weighted by atomic mass is 32.1. The number of nitrogens with zero attached hydrogens (tertiary/aromatic N) is 1. The molecule has 0 radical (unpaired) electrons. The molecule has 2 aromatic heterocycles. The summed E-state index contributed by atoms with van der Waals surface area (Å²) in [4.78, 5) is 16.6. The van der Waals surface area contributed by atoms with Crippen molar-refractivity contribution in [2.75, 3.05) is 0 Å². The van der Waals surface area contributed by atoms with Gasteiger partial charge in [0.1, 0.15) is 0 Å². The summed E-state index contributed by atoms with van der Waals surface area (Å²) in [6.45, 7) is 0.460. The standard InChI is InChI=1S/C15H19N3O2S/c16-11-4-1-3-10(7-11)14(19)17-8-12-9-21-15(18-12)13-5-2-6-20-13/h2,5-6,9-11H,1,3-4,7-8,16H2,(H,17,19). The largest absolute Gasteiger partial charge is 0.462 e. The number of nitrogens with two attached hydrogens (primary N) is 1. The predicted octanol–water partition coefficient (Wildman–Crippen LogP) is 2.54. The van der Waals surface area contributed by atoms with E-state index in [0.717, 1.165) is 42.1 Å². The van der Waals surface area contributed by atoms with Crippen LogP contribution in [0.3, 0.4) is 0 Å². The van der Waals surface area contributed by atoms with Gasteiger partial charge in [-0.2, -0.15) is 0 Å². The molecule has 2 heterocycles. The van der Waals surface area contributed by atoms with Crippen LogP contribution in [0.1, 0.15) is 31.4 Å². The molecule has 21 heavy (non-hydrogen) atoms. The Kier molecular flexibility index (Phi) is 4.36. The summed E-state index contributed by atoms with van der Waals surface area (Å²) in [7, 11) is 0. The summed E-state index contributed by atoms with van der Waals surface area (Å²) in [5.41, 5.74) is 6.79. The Balaban J connectivity index is 1.54. The second-order valence-electron chi connectivity index (χ2n) is 5.46. The monoisotopic (exact) mass is 305 g/mol. The molecular weight excluding hydrogens is 286 g/mol. The zero-order chi connectivity index (χ0) is 14.7. The van der Waals surface area contributed by atoms with Crippen molar-refractivity contribution in [1.29, 1.82) is 0 Å². The molecule has 2 aromatic rings. The third kappa shape index (κ3) is 3.51. The van der Waals surface area contributed by atoms with Crippen molar-refractivity contribution in [1.82, 2.24) is 10.3 Å². The fourth-order valence-corrected chi connectivity index (χ4v) is 3.48. The van der Waals surface area contributed by atoms with E-state index in [-0.39, 0.29) is 17.9 Å². The molecule has 0 saturated heterocycles. The maximum absolute atomic E-state index is 12.1. The van der Waals surface area contributed by atoms with Gasteiger partial charge in [-0.15, -0.1) is 11.3 Å². The number of carbonyl (C=O) groups excluding carboxylic acids is 1. The van der Waals surface area contributed by atoms with Gasteiger partial charge < -0.3 is 15.5 Å². The first-order chi connectivity index (χ1) is 10.2. The molecule has 1 aliphatic carbocycles. The summed E-state index contributed by atoms with van der Waals surface area (Å²) in [6.07, 6.45) is 5.43. The second kappa shape index (κ2) is 6.41. The van der Waals surface area contributed by atoms with E-state index in [2.05, 4.69) is 10.3 Å². The van der Waals surface area contributed by atoms with E-state index < -0.39 is 0 Å². The van der Waals surface area contributed by atoms with Crippen LogP contribution < -0.4 is 11.1 Å². The van der Waals surface area contributed by atoms with E-state index in [1.165, 1.54) is 11.3 Å². The highest BCUT2D eigenvalue weighted by Crippen LogP contribution is 2.25. The molecule has 1 fully saturated rings. The highest BCUT2D eigenvalue weighted by molar-refractivity contribution is 7.13. The molecule has 0 aliphatic heterocycles. The van der Waals surface area contributed by atoms with Gasteiger partial charge in [0.15, 0.2) is 10.8 Å². The van der Waals surface area contributed by atoms with Crippen molar-refractivity contribution < 1.29 is 9.21 Å². The number of furan rings is 1. The fraction of sp³-hybridized carbons (Fsp3) is 0.467. The Hall–Kier alpha value is -1.66. The van der Waals surface area contributed by atoms with Gasteiger partial charge >= 0.3 is 0 Å². The van der Waals surface area contributed by atoms with E-state index in [4.69, 9.17) is 10.2 Å². The zero-order valence-corrected chi connectivity index (χ0v) is 12.6. The summed E-state index contributed by atoms with van der Waals surface area (Å²) in [5.74, 6) is 0.908. The van der Waals surface area contributed by atoms with Crippen LogP contribution in [-0.2, 0) is 11.3 Å². The number of hydrogen-bond acceptors (Lipinski definition) is 5. The zero-order valence-electron chi connectivity index (χ0n) is 11.7. The lowest BCUT2D eigenvalue weighted by molar-refractivity contribution is -0.126. The third-order valence-electron chi connectivity index (χ3n) is 3.81. The van der Waals surface area contributed by atoms with E-state index in [1.807, 2.05) is 17.5 Å². The lowest BCUT2D eigenvalue weighted by Gasteiger charge is -2.25. The van der Waals surface area contributed by atoms with Crippen molar-refractivity contribution in [3.63, 3.8) is 0 Å². The normalized spacial score (nSPS) is 22.1. The van der Waals surface area contributed by atoms with Gasteiger partial charge in [0.25, 0.3) is 0 Å². The first-order valence-electron chi connectivity index (χ1n) is 7.24. The minimum Gasteiger partial charge on any atom is -0.462 e. The van der Waals surface area contributed by atoms with Crippen molar-refractivity contribution in [2.24, 2.45) is 11.7 Å². The fourth-order valence-electron chi connectivity index (χ4n) is 2.69. The Morgan fingerprint density at radius 3 is 3.19 bits per heavy atom. The lowest BCUT2D eigenvalue weighted by Crippen LogP contribution is -2.37. The van der Waals surface area contributed by atoms with Crippen LogP contribution in [0.25, 0.3) is 10.8 Å². The molecule has 112 valence electrons. The molecule has 5 nitrogen and oxygen atoms in total. The average Bonchev–Trinajstić information content (AvgIpc) is 3.15. The number of thiazole rings is 1. The highest BCUT2D eigenvalue weighted by Gasteiger charge is 2.25. The SMILES string of the molecule is NC1CCCC(C(=O)NCc2csc(-c3ccco3)n2)C1. The summed E-state index contributed by atoms with van der Waals surface area (Å²) in [6, 6.07) is 3.88. The molecule has 2 unspecified atom stereocenters. The van der Waals surface area contributed by atoms with Crippen LogP contribution >= 0.6 is 11.3 Å². The quantitative estimate of drug-likeness (QED) is 0.909. The molecule has 3 rings (SSSR count). The van der Waals surface area contributed by atoms with Gasteiger partial charge in [0.2, 0.25) is 5.91 Å². The summed E-state index contributed by atoms with van der Waals surface area (Å²) < 4.78 is 5.31. The molecule has 2 atom stereocenters. The van der Waals surface area contributed by atoms with Crippen LogP contribution in [0.5, 0.6) is 0 Å². The number of carbonyl (C=O) groups is 1. The average molecular weight is 305 g/mol. The third-order valence-corrected chi connectivity index (χ3v) is 4.72. The Morgan fingerprint density at radius 2 is 2.43 bits per heavy atom. The van der Waals surface area contributed by atoms with Crippen LogP contribution in [-0.4, -0.2) is 16.9 Å². The molecule has 0 aromatic carbocycles. The lowest BCUT2D eigenvalue weighted by atomic mass is 9.85. The van der Waals surface area contributed by atoms with Crippen molar-refractivity contribution >= 4 is 17.2 Å². The summed E-state index contributed by atoms with van der Waals surface area (Å²) >= 11 is 1.52. The van der Waals surface area contributed by atoms with Crippen LogP contribution in [0.4, 0.5) is 0 Å². The molecule has 1 amide bonds. The van der Waals surface area contributed by atoms with E-state index in [0.29, 0.717) is 6.54 Å². The van der Waals surface area contributed by atoms with Crippen molar-refractivity contribution in [3.8, 4) is 10.8 Å². The molecule has 0 bridgehead atoms. The second-order valence-corrected chi connectivity index (χ2v) is 6.32. The van der Waals surface area contributed by atoms with E-state index in [9.17, 15) is 4.79 Å².